The Morgan fingerprint density at radius 3 is 2.75 bits per heavy atom. The van der Waals surface area contributed by atoms with Gasteiger partial charge in [0.25, 0.3) is 0 Å². The third kappa shape index (κ3) is 3.55. The number of nitrogens with one attached hydrogen (secondary N) is 1. The van der Waals surface area contributed by atoms with Crippen LogP contribution in [0.3, 0.4) is 0 Å². The highest BCUT2D eigenvalue weighted by Gasteiger charge is 2.39. The van der Waals surface area contributed by atoms with E-state index in [-0.39, 0.29) is 6.10 Å². The standard InChI is InChI=1S/C22H31N5O/c1-17-12-18(26-9-7-22(8-10-26)15-23-16-22)5-6-20(17)21-14-27(25-24-21)13-19-4-2-3-11-28-19/h5-6,12,14,19,23H,2-4,7-11,13,15-16H2,1H3. The van der Waals surface area contributed by atoms with E-state index in [2.05, 4.69) is 51.8 Å². The predicted molar refractivity (Wildman–Crippen MR) is 111 cm³/mol. The molecule has 1 N–H and O–H groups in total. The van der Waals surface area contributed by atoms with Crippen LogP contribution in [0.1, 0.15) is 37.7 Å². The van der Waals surface area contributed by atoms with Gasteiger partial charge in [0.15, 0.2) is 0 Å². The van der Waals surface area contributed by atoms with Crippen LogP contribution in [0, 0.1) is 12.3 Å². The minimum Gasteiger partial charge on any atom is -0.376 e. The van der Waals surface area contributed by atoms with E-state index in [0.717, 1.165) is 38.4 Å². The largest absolute Gasteiger partial charge is 0.376 e. The molecule has 1 atom stereocenters. The van der Waals surface area contributed by atoms with Crippen LogP contribution in [0.5, 0.6) is 0 Å². The number of aryl methyl sites for hydroxylation is 1. The Morgan fingerprint density at radius 2 is 2.07 bits per heavy atom. The van der Waals surface area contributed by atoms with Crippen molar-refractivity contribution >= 4 is 5.69 Å². The molecule has 1 aromatic carbocycles. The summed E-state index contributed by atoms with van der Waals surface area (Å²) in [6.07, 6.45) is 8.50. The molecule has 1 aromatic heterocycles. The van der Waals surface area contributed by atoms with Crippen molar-refractivity contribution in [3.63, 3.8) is 0 Å². The zero-order valence-electron chi connectivity index (χ0n) is 16.9. The first kappa shape index (κ1) is 18.1. The lowest BCUT2D eigenvalue weighted by Gasteiger charge is -2.49. The molecule has 2 aromatic rings. The van der Waals surface area contributed by atoms with Gasteiger partial charge in [0, 0.05) is 44.0 Å². The lowest BCUT2D eigenvalue weighted by atomic mass is 9.73. The second kappa shape index (κ2) is 7.48. The van der Waals surface area contributed by atoms with E-state index in [0.29, 0.717) is 5.41 Å². The van der Waals surface area contributed by atoms with Crippen LogP contribution in [-0.2, 0) is 11.3 Å². The maximum absolute atomic E-state index is 5.83. The Kier molecular flexibility index (Phi) is 4.85. The number of rotatable bonds is 4. The van der Waals surface area contributed by atoms with Crippen molar-refractivity contribution in [1.29, 1.82) is 0 Å². The first-order valence-corrected chi connectivity index (χ1v) is 10.8. The summed E-state index contributed by atoms with van der Waals surface area (Å²) in [6, 6.07) is 6.78. The quantitative estimate of drug-likeness (QED) is 0.882. The number of piperidine rings is 1. The Labute approximate surface area is 167 Å². The predicted octanol–water partition coefficient (Wildman–Crippen LogP) is 3.01. The normalized spacial score (nSPS) is 24.3. The Hall–Kier alpha value is -1.92. The number of hydrogen-bond acceptors (Lipinski definition) is 5. The van der Waals surface area contributed by atoms with Crippen molar-refractivity contribution in [3.8, 4) is 11.3 Å². The zero-order valence-corrected chi connectivity index (χ0v) is 16.9. The summed E-state index contributed by atoms with van der Waals surface area (Å²) >= 11 is 0. The highest BCUT2D eigenvalue weighted by molar-refractivity contribution is 5.67. The van der Waals surface area contributed by atoms with Gasteiger partial charge < -0.3 is 15.0 Å². The highest BCUT2D eigenvalue weighted by atomic mass is 16.5. The number of hydrogen-bond donors (Lipinski definition) is 1. The summed E-state index contributed by atoms with van der Waals surface area (Å²) in [5, 5.41) is 12.2. The van der Waals surface area contributed by atoms with E-state index in [1.807, 2.05) is 4.68 Å². The lowest BCUT2D eigenvalue weighted by molar-refractivity contribution is 0.00370. The van der Waals surface area contributed by atoms with Gasteiger partial charge in [0.1, 0.15) is 5.69 Å². The molecule has 3 saturated heterocycles. The van der Waals surface area contributed by atoms with Crippen molar-refractivity contribution in [2.24, 2.45) is 5.41 Å². The van der Waals surface area contributed by atoms with Crippen molar-refractivity contribution in [1.82, 2.24) is 20.3 Å². The number of anilines is 1. The first-order chi connectivity index (χ1) is 13.7. The molecule has 5 rings (SSSR count). The van der Waals surface area contributed by atoms with E-state index in [1.54, 1.807) is 0 Å². The van der Waals surface area contributed by atoms with Gasteiger partial charge in [0.2, 0.25) is 0 Å². The summed E-state index contributed by atoms with van der Waals surface area (Å²) < 4.78 is 7.77. The Balaban J connectivity index is 1.26. The summed E-state index contributed by atoms with van der Waals surface area (Å²) in [5.41, 5.74) is 5.33. The van der Waals surface area contributed by atoms with E-state index < -0.39 is 0 Å². The van der Waals surface area contributed by atoms with Crippen molar-refractivity contribution in [2.75, 3.05) is 37.7 Å². The van der Waals surface area contributed by atoms with E-state index >= 15 is 0 Å². The summed E-state index contributed by atoms with van der Waals surface area (Å²) in [4.78, 5) is 2.54. The molecule has 0 amide bonds. The molecular formula is C22H31N5O. The van der Waals surface area contributed by atoms with Gasteiger partial charge in [-0.2, -0.15) is 0 Å². The van der Waals surface area contributed by atoms with Crippen LogP contribution in [0.25, 0.3) is 11.3 Å². The second-order valence-electron chi connectivity index (χ2n) is 8.90. The van der Waals surface area contributed by atoms with Gasteiger partial charge in [-0.15, -0.1) is 5.10 Å². The fourth-order valence-electron chi connectivity index (χ4n) is 4.87. The molecule has 3 aliphatic heterocycles. The fourth-order valence-corrected chi connectivity index (χ4v) is 4.87. The number of benzene rings is 1. The molecule has 0 aliphatic carbocycles. The first-order valence-electron chi connectivity index (χ1n) is 10.8. The Bertz CT molecular complexity index is 812. The second-order valence-corrected chi connectivity index (χ2v) is 8.90. The van der Waals surface area contributed by atoms with Crippen LogP contribution in [-0.4, -0.2) is 53.9 Å². The minimum atomic E-state index is 0.278. The third-order valence-corrected chi connectivity index (χ3v) is 6.88. The number of ether oxygens (including phenoxy) is 1. The van der Waals surface area contributed by atoms with Crippen LogP contribution >= 0.6 is 0 Å². The van der Waals surface area contributed by atoms with Gasteiger partial charge in [0.05, 0.1) is 18.8 Å². The summed E-state index contributed by atoms with van der Waals surface area (Å²) in [7, 11) is 0. The SMILES string of the molecule is Cc1cc(N2CCC3(CC2)CNC3)ccc1-c1cn(CC2CCCCO2)nn1. The average molecular weight is 382 g/mol. The van der Waals surface area contributed by atoms with E-state index in [9.17, 15) is 0 Å². The molecule has 4 heterocycles. The summed E-state index contributed by atoms with van der Waals surface area (Å²) in [6.45, 7) is 8.61. The number of aromatic nitrogens is 3. The van der Waals surface area contributed by atoms with Gasteiger partial charge >= 0.3 is 0 Å². The topological polar surface area (TPSA) is 55.2 Å². The fraction of sp³-hybridized carbons (Fsp3) is 0.636. The van der Waals surface area contributed by atoms with Crippen molar-refractivity contribution in [3.05, 3.63) is 30.0 Å². The van der Waals surface area contributed by atoms with Crippen molar-refractivity contribution < 1.29 is 4.74 Å². The molecule has 3 fully saturated rings. The summed E-state index contributed by atoms with van der Waals surface area (Å²) in [5.74, 6) is 0. The monoisotopic (exact) mass is 381 g/mol. The molecule has 1 unspecified atom stereocenters. The van der Waals surface area contributed by atoms with Gasteiger partial charge in [-0.3, -0.25) is 0 Å². The molecule has 0 bridgehead atoms. The molecule has 6 heteroatoms. The number of nitrogens with zero attached hydrogens (tertiary/aromatic N) is 4. The van der Waals surface area contributed by atoms with Crippen LogP contribution in [0.2, 0.25) is 0 Å². The highest BCUT2D eigenvalue weighted by Crippen LogP contribution is 2.37. The van der Waals surface area contributed by atoms with Crippen LogP contribution < -0.4 is 10.2 Å². The van der Waals surface area contributed by atoms with Crippen LogP contribution in [0.4, 0.5) is 5.69 Å². The zero-order chi connectivity index (χ0) is 19.0. The minimum absolute atomic E-state index is 0.278. The maximum atomic E-state index is 5.83. The Morgan fingerprint density at radius 1 is 1.21 bits per heavy atom. The molecule has 6 nitrogen and oxygen atoms in total. The lowest BCUT2D eigenvalue weighted by Crippen LogP contribution is -2.58. The van der Waals surface area contributed by atoms with Gasteiger partial charge in [-0.25, -0.2) is 4.68 Å². The average Bonchev–Trinajstić information content (AvgIpc) is 3.16. The van der Waals surface area contributed by atoms with Gasteiger partial charge in [-0.1, -0.05) is 11.3 Å². The third-order valence-electron chi connectivity index (χ3n) is 6.88. The molecular weight excluding hydrogens is 350 g/mol. The molecule has 1 spiro atoms. The molecule has 3 aliphatic rings. The van der Waals surface area contributed by atoms with Gasteiger partial charge in [-0.05, 0) is 62.1 Å². The van der Waals surface area contributed by atoms with Crippen molar-refractivity contribution in [2.45, 2.75) is 51.7 Å². The molecule has 0 saturated carbocycles. The van der Waals surface area contributed by atoms with E-state index in [1.165, 1.54) is 55.6 Å². The van der Waals surface area contributed by atoms with Crippen LogP contribution in [0.15, 0.2) is 24.4 Å². The molecule has 0 radical (unpaired) electrons. The van der Waals surface area contributed by atoms with E-state index in [4.69, 9.17) is 4.74 Å². The molecule has 28 heavy (non-hydrogen) atoms. The maximum Gasteiger partial charge on any atom is 0.113 e. The smallest absolute Gasteiger partial charge is 0.113 e. The molecule has 150 valence electrons.